The van der Waals surface area contributed by atoms with Crippen molar-refractivity contribution < 1.29 is 4.74 Å². The predicted octanol–water partition coefficient (Wildman–Crippen LogP) is 2.37. The van der Waals surface area contributed by atoms with Crippen LogP contribution in [-0.4, -0.2) is 52.3 Å². The Kier molecular flexibility index (Phi) is 4.42. The highest BCUT2D eigenvalue weighted by Crippen LogP contribution is 2.23. The van der Waals surface area contributed by atoms with E-state index in [4.69, 9.17) is 16.3 Å². The first kappa shape index (κ1) is 14.8. The SMILES string of the molecule is Cc1ccc2nc(C(C)Cl)n(CCN3CCOCC3)c2n1. The molecule has 1 atom stereocenters. The quantitative estimate of drug-likeness (QED) is 0.813. The highest BCUT2D eigenvalue weighted by Gasteiger charge is 2.17. The minimum Gasteiger partial charge on any atom is -0.379 e. The number of nitrogens with zero attached hydrogens (tertiary/aromatic N) is 4. The molecule has 1 unspecified atom stereocenters. The van der Waals surface area contributed by atoms with Crippen LogP contribution in [0.4, 0.5) is 0 Å². The van der Waals surface area contributed by atoms with Gasteiger partial charge in [-0.05, 0) is 26.0 Å². The van der Waals surface area contributed by atoms with Crippen LogP contribution in [0, 0.1) is 6.92 Å². The Hall–Kier alpha value is -1.17. The Morgan fingerprint density at radius 3 is 2.71 bits per heavy atom. The summed E-state index contributed by atoms with van der Waals surface area (Å²) in [6.45, 7) is 9.42. The number of ether oxygens (including phenoxy) is 1. The van der Waals surface area contributed by atoms with Gasteiger partial charge >= 0.3 is 0 Å². The molecule has 0 saturated carbocycles. The van der Waals surface area contributed by atoms with Gasteiger partial charge in [0.25, 0.3) is 0 Å². The largest absolute Gasteiger partial charge is 0.379 e. The average molecular weight is 309 g/mol. The molecule has 3 rings (SSSR count). The van der Waals surface area contributed by atoms with Crippen molar-refractivity contribution >= 4 is 22.8 Å². The molecule has 21 heavy (non-hydrogen) atoms. The zero-order valence-corrected chi connectivity index (χ0v) is 13.3. The van der Waals surface area contributed by atoms with E-state index in [1.54, 1.807) is 0 Å². The summed E-state index contributed by atoms with van der Waals surface area (Å²) in [6, 6.07) is 4.01. The fourth-order valence-corrected chi connectivity index (χ4v) is 2.87. The first-order chi connectivity index (χ1) is 10.1. The monoisotopic (exact) mass is 308 g/mol. The Morgan fingerprint density at radius 2 is 2.00 bits per heavy atom. The fourth-order valence-electron chi connectivity index (χ4n) is 2.70. The highest BCUT2D eigenvalue weighted by molar-refractivity contribution is 6.20. The first-order valence-electron chi connectivity index (χ1n) is 7.43. The van der Waals surface area contributed by atoms with Gasteiger partial charge in [-0.15, -0.1) is 11.6 Å². The van der Waals surface area contributed by atoms with Crippen molar-refractivity contribution in [3.05, 3.63) is 23.7 Å². The minimum absolute atomic E-state index is 0.121. The van der Waals surface area contributed by atoms with Crippen molar-refractivity contribution in [2.24, 2.45) is 0 Å². The molecular formula is C15H21ClN4O. The highest BCUT2D eigenvalue weighted by atomic mass is 35.5. The molecule has 2 aromatic rings. The Labute approximate surface area is 129 Å². The zero-order chi connectivity index (χ0) is 14.8. The molecule has 0 amide bonds. The summed E-state index contributed by atoms with van der Waals surface area (Å²) >= 11 is 6.30. The molecule has 0 aromatic carbocycles. The van der Waals surface area contributed by atoms with Crippen LogP contribution in [-0.2, 0) is 11.3 Å². The predicted molar refractivity (Wildman–Crippen MR) is 83.8 cm³/mol. The maximum atomic E-state index is 6.30. The number of halogens is 1. The van der Waals surface area contributed by atoms with Gasteiger partial charge in [-0.25, -0.2) is 9.97 Å². The van der Waals surface area contributed by atoms with Crippen molar-refractivity contribution in [2.75, 3.05) is 32.8 Å². The third kappa shape index (κ3) is 3.20. The third-order valence-corrected chi connectivity index (χ3v) is 4.06. The summed E-state index contributed by atoms with van der Waals surface area (Å²) < 4.78 is 7.55. The summed E-state index contributed by atoms with van der Waals surface area (Å²) in [6.07, 6.45) is 0. The van der Waals surface area contributed by atoms with E-state index in [0.29, 0.717) is 0 Å². The molecule has 0 spiro atoms. The van der Waals surface area contributed by atoms with Crippen LogP contribution in [0.25, 0.3) is 11.2 Å². The molecule has 5 nitrogen and oxygen atoms in total. The molecule has 2 aromatic heterocycles. The van der Waals surface area contributed by atoms with E-state index in [-0.39, 0.29) is 5.38 Å². The molecule has 1 fully saturated rings. The topological polar surface area (TPSA) is 43.2 Å². The second-order valence-corrected chi connectivity index (χ2v) is 6.14. The van der Waals surface area contributed by atoms with Crippen LogP contribution in [0.15, 0.2) is 12.1 Å². The first-order valence-corrected chi connectivity index (χ1v) is 7.87. The lowest BCUT2D eigenvalue weighted by Gasteiger charge is -2.27. The van der Waals surface area contributed by atoms with Gasteiger partial charge in [-0.1, -0.05) is 0 Å². The number of imidazole rings is 1. The number of aryl methyl sites for hydroxylation is 1. The molecule has 114 valence electrons. The number of fused-ring (bicyclic) bond motifs is 1. The second kappa shape index (κ2) is 6.30. The lowest BCUT2D eigenvalue weighted by Crippen LogP contribution is -2.38. The van der Waals surface area contributed by atoms with Gasteiger partial charge in [0.1, 0.15) is 11.3 Å². The zero-order valence-electron chi connectivity index (χ0n) is 12.5. The third-order valence-electron chi connectivity index (χ3n) is 3.86. The molecule has 0 bridgehead atoms. The lowest BCUT2D eigenvalue weighted by molar-refractivity contribution is 0.0364. The van der Waals surface area contributed by atoms with E-state index < -0.39 is 0 Å². The normalized spacial score (nSPS) is 18.2. The van der Waals surface area contributed by atoms with Crippen molar-refractivity contribution in [1.82, 2.24) is 19.4 Å². The van der Waals surface area contributed by atoms with Crippen molar-refractivity contribution in [3.63, 3.8) is 0 Å². The van der Waals surface area contributed by atoms with Crippen molar-refractivity contribution in [3.8, 4) is 0 Å². The van der Waals surface area contributed by atoms with E-state index >= 15 is 0 Å². The number of hydrogen-bond acceptors (Lipinski definition) is 4. The standard InChI is InChI=1S/C15H21ClN4O/c1-11-3-4-13-15(17-11)20(14(18-13)12(2)16)6-5-19-7-9-21-10-8-19/h3-4,12H,5-10H2,1-2H3. The lowest BCUT2D eigenvalue weighted by atomic mass is 10.3. The van der Waals surface area contributed by atoms with E-state index in [2.05, 4.69) is 19.4 Å². The maximum absolute atomic E-state index is 6.30. The summed E-state index contributed by atoms with van der Waals surface area (Å²) in [5, 5.41) is -0.121. The summed E-state index contributed by atoms with van der Waals surface area (Å²) in [5.74, 6) is 0.901. The second-order valence-electron chi connectivity index (χ2n) is 5.49. The molecule has 6 heteroatoms. The van der Waals surface area contributed by atoms with Crippen LogP contribution in [0.3, 0.4) is 0 Å². The summed E-state index contributed by atoms with van der Waals surface area (Å²) in [4.78, 5) is 11.7. The molecule has 1 aliphatic heterocycles. The van der Waals surface area contributed by atoms with Gasteiger partial charge in [0.05, 0.1) is 18.6 Å². The van der Waals surface area contributed by atoms with Crippen molar-refractivity contribution in [1.29, 1.82) is 0 Å². The van der Waals surface area contributed by atoms with E-state index in [1.165, 1.54) is 0 Å². The molecular weight excluding hydrogens is 288 g/mol. The van der Waals surface area contributed by atoms with Crippen molar-refractivity contribution in [2.45, 2.75) is 25.8 Å². The van der Waals surface area contributed by atoms with E-state index in [9.17, 15) is 0 Å². The molecule has 3 heterocycles. The number of pyridine rings is 1. The van der Waals surface area contributed by atoms with Gasteiger partial charge < -0.3 is 9.30 Å². The van der Waals surface area contributed by atoms with Crippen LogP contribution in [0.2, 0.25) is 0 Å². The van der Waals surface area contributed by atoms with E-state index in [0.717, 1.165) is 62.1 Å². The number of hydrogen-bond donors (Lipinski definition) is 0. The van der Waals surface area contributed by atoms with Gasteiger partial charge in [0.15, 0.2) is 5.65 Å². The van der Waals surface area contributed by atoms with Crippen LogP contribution >= 0.6 is 11.6 Å². The number of aromatic nitrogens is 3. The maximum Gasteiger partial charge on any atom is 0.160 e. The minimum atomic E-state index is -0.121. The molecule has 0 N–H and O–H groups in total. The van der Waals surface area contributed by atoms with Gasteiger partial charge in [-0.3, -0.25) is 4.90 Å². The molecule has 1 saturated heterocycles. The average Bonchev–Trinajstić information content (AvgIpc) is 2.84. The summed E-state index contributed by atoms with van der Waals surface area (Å²) in [7, 11) is 0. The number of morpholine rings is 1. The molecule has 1 aliphatic rings. The number of alkyl halides is 1. The van der Waals surface area contributed by atoms with Gasteiger partial charge in [0.2, 0.25) is 0 Å². The van der Waals surface area contributed by atoms with E-state index in [1.807, 2.05) is 26.0 Å². The van der Waals surface area contributed by atoms with Crippen LogP contribution < -0.4 is 0 Å². The fraction of sp³-hybridized carbons (Fsp3) is 0.600. The van der Waals surface area contributed by atoms with Crippen LogP contribution in [0.1, 0.15) is 23.8 Å². The Bertz CT molecular complexity index is 619. The Balaban J connectivity index is 1.87. The Morgan fingerprint density at radius 1 is 1.24 bits per heavy atom. The van der Waals surface area contributed by atoms with Crippen LogP contribution in [0.5, 0.6) is 0 Å². The number of rotatable bonds is 4. The molecule has 0 radical (unpaired) electrons. The van der Waals surface area contributed by atoms with Gasteiger partial charge in [-0.2, -0.15) is 0 Å². The summed E-state index contributed by atoms with van der Waals surface area (Å²) in [5.41, 5.74) is 2.86. The van der Waals surface area contributed by atoms with Gasteiger partial charge in [0, 0.05) is 31.9 Å². The molecule has 0 aliphatic carbocycles. The smallest absolute Gasteiger partial charge is 0.160 e.